The summed E-state index contributed by atoms with van der Waals surface area (Å²) in [5.74, 6) is 0.806. The molecular formula is C16H19N5O7S2. The van der Waals surface area contributed by atoms with E-state index in [0.29, 0.717) is 0 Å². The van der Waals surface area contributed by atoms with E-state index in [0.717, 1.165) is 22.0 Å². The molecule has 3 rings (SSSR count). The Labute approximate surface area is 176 Å². The number of ether oxygens (including phenoxy) is 1. The highest BCUT2D eigenvalue weighted by molar-refractivity contribution is 8.00. The molecule has 0 saturated carbocycles. The van der Waals surface area contributed by atoms with Crippen molar-refractivity contribution < 1.29 is 27.2 Å². The van der Waals surface area contributed by atoms with Gasteiger partial charge < -0.3 is 9.64 Å². The summed E-state index contributed by atoms with van der Waals surface area (Å²) in [5, 5.41) is 20.9. The number of benzene rings is 2. The van der Waals surface area contributed by atoms with E-state index in [9.17, 15) is 10.1 Å². The van der Waals surface area contributed by atoms with Gasteiger partial charge >= 0.3 is 10.4 Å². The van der Waals surface area contributed by atoms with Crippen molar-refractivity contribution in [3.05, 3.63) is 52.6 Å². The third-order valence-corrected chi connectivity index (χ3v) is 5.03. The van der Waals surface area contributed by atoms with E-state index in [-0.39, 0.29) is 11.2 Å². The van der Waals surface area contributed by atoms with Crippen LogP contribution in [0.3, 0.4) is 0 Å². The molecule has 1 aliphatic heterocycles. The van der Waals surface area contributed by atoms with Crippen LogP contribution in [0.2, 0.25) is 0 Å². The van der Waals surface area contributed by atoms with Crippen molar-refractivity contribution in [2.75, 3.05) is 31.1 Å². The Bertz CT molecular complexity index is 1020. The van der Waals surface area contributed by atoms with Crippen LogP contribution in [0.1, 0.15) is 0 Å². The lowest BCUT2D eigenvalue weighted by Crippen LogP contribution is -2.22. The molecule has 0 fully saturated rings. The van der Waals surface area contributed by atoms with Gasteiger partial charge in [-0.05, 0) is 30.3 Å². The molecule has 30 heavy (non-hydrogen) atoms. The Balaban J connectivity index is 0.000000575. The van der Waals surface area contributed by atoms with Gasteiger partial charge in [0.1, 0.15) is 5.75 Å². The first-order valence-corrected chi connectivity index (χ1v) is 10.4. The molecule has 1 aliphatic rings. The maximum absolute atomic E-state index is 10.7. The number of thioether (sulfide) groups is 1. The third-order valence-electron chi connectivity index (χ3n) is 3.83. The van der Waals surface area contributed by atoms with Gasteiger partial charge in [0.25, 0.3) is 5.69 Å². The lowest BCUT2D eigenvalue weighted by Gasteiger charge is -2.18. The topological polar surface area (TPSA) is 158 Å². The summed E-state index contributed by atoms with van der Waals surface area (Å²) in [7, 11) is 0.683. The molecule has 0 aliphatic carbocycles. The van der Waals surface area contributed by atoms with Gasteiger partial charge in [-0.25, -0.2) is 0 Å². The Hall–Kier alpha value is -2.94. The summed E-state index contributed by atoms with van der Waals surface area (Å²) in [5.41, 5.74) is 1.67. The predicted molar refractivity (Wildman–Crippen MR) is 112 cm³/mol. The summed E-state index contributed by atoms with van der Waals surface area (Å²) >= 11 is 1.59. The SMILES string of the molecule is COc1ccc2c(c1)SC(N=NN(C)c1ccc([N+](=O)[O-])cc1)N2C.O=S(=O)(O)O. The summed E-state index contributed by atoms with van der Waals surface area (Å²) < 4.78 is 36.8. The van der Waals surface area contributed by atoms with E-state index in [4.69, 9.17) is 22.3 Å². The Morgan fingerprint density at radius 3 is 2.37 bits per heavy atom. The van der Waals surface area contributed by atoms with E-state index in [2.05, 4.69) is 10.3 Å². The molecule has 1 atom stereocenters. The zero-order chi connectivity index (χ0) is 22.5. The van der Waals surface area contributed by atoms with Gasteiger partial charge in [0, 0.05) is 31.1 Å². The fourth-order valence-corrected chi connectivity index (χ4v) is 3.49. The largest absolute Gasteiger partial charge is 0.497 e. The molecule has 1 unspecified atom stereocenters. The van der Waals surface area contributed by atoms with Crippen molar-refractivity contribution in [2.45, 2.75) is 10.4 Å². The number of hydrogen-bond donors (Lipinski definition) is 2. The third kappa shape index (κ3) is 6.55. The zero-order valence-corrected chi connectivity index (χ0v) is 17.7. The highest BCUT2D eigenvalue weighted by Crippen LogP contribution is 2.44. The van der Waals surface area contributed by atoms with E-state index in [1.807, 2.05) is 30.1 Å². The average Bonchev–Trinajstić information content (AvgIpc) is 2.99. The maximum atomic E-state index is 10.7. The number of nitrogens with zero attached hydrogens (tertiary/aromatic N) is 5. The highest BCUT2D eigenvalue weighted by atomic mass is 32.3. The second-order valence-electron chi connectivity index (χ2n) is 5.84. The van der Waals surface area contributed by atoms with Crippen LogP contribution in [0.5, 0.6) is 5.75 Å². The van der Waals surface area contributed by atoms with E-state index < -0.39 is 15.3 Å². The van der Waals surface area contributed by atoms with Crippen molar-refractivity contribution in [1.82, 2.24) is 0 Å². The smallest absolute Gasteiger partial charge is 0.394 e. The highest BCUT2D eigenvalue weighted by Gasteiger charge is 2.27. The first-order chi connectivity index (χ1) is 14.0. The summed E-state index contributed by atoms with van der Waals surface area (Å²) in [4.78, 5) is 13.4. The number of methoxy groups -OCH3 is 1. The van der Waals surface area contributed by atoms with Crippen LogP contribution in [0.15, 0.2) is 57.7 Å². The molecule has 162 valence electrons. The molecular weight excluding hydrogens is 438 g/mol. The second kappa shape index (κ2) is 9.71. The summed E-state index contributed by atoms with van der Waals surface area (Å²) in [6.45, 7) is 0. The number of fused-ring (bicyclic) bond motifs is 1. The van der Waals surface area contributed by atoms with Gasteiger partial charge in [-0.15, -0.1) is 5.11 Å². The molecule has 2 N–H and O–H groups in total. The van der Waals surface area contributed by atoms with Gasteiger partial charge in [0.2, 0.25) is 0 Å². The normalized spacial score (nSPS) is 15.4. The summed E-state index contributed by atoms with van der Waals surface area (Å²) in [6, 6.07) is 12.1. The van der Waals surface area contributed by atoms with E-state index in [1.54, 1.807) is 43.1 Å². The van der Waals surface area contributed by atoms with Crippen molar-refractivity contribution in [3.63, 3.8) is 0 Å². The van der Waals surface area contributed by atoms with E-state index >= 15 is 0 Å². The maximum Gasteiger partial charge on any atom is 0.394 e. The molecule has 14 heteroatoms. The minimum absolute atomic E-state index is 0.0459. The molecule has 2 aromatic rings. The fraction of sp³-hybridized carbons (Fsp3) is 0.250. The minimum atomic E-state index is -4.67. The van der Waals surface area contributed by atoms with Crippen LogP contribution in [-0.2, 0) is 10.4 Å². The van der Waals surface area contributed by atoms with Gasteiger partial charge in [-0.1, -0.05) is 17.0 Å². The quantitative estimate of drug-likeness (QED) is 0.295. The number of nitro benzene ring substituents is 1. The Morgan fingerprint density at radius 2 is 1.83 bits per heavy atom. The van der Waals surface area contributed by atoms with E-state index in [1.165, 1.54) is 12.1 Å². The average molecular weight is 457 g/mol. The summed E-state index contributed by atoms with van der Waals surface area (Å²) in [6.07, 6.45) is 0. The Kier molecular flexibility index (Phi) is 7.55. The van der Waals surface area contributed by atoms with Gasteiger partial charge in [0.05, 0.1) is 23.4 Å². The van der Waals surface area contributed by atoms with Crippen LogP contribution < -0.4 is 14.6 Å². The molecule has 0 amide bonds. The number of non-ortho nitro benzene ring substituents is 1. The lowest BCUT2D eigenvalue weighted by molar-refractivity contribution is -0.384. The van der Waals surface area contributed by atoms with Gasteiger partial charge in [-0.3, -0.25) is 24.2 Å². The zero-order valence-electron chi connectivity index (χ0n) is 16.1. The van der Waals surface area contributed by atoms with Crippen LogP contribution in [0, 0.1) is 10.1 Å². The first kappa shape index (κ1) is 23.3. The molecule has 0 spiro atoms. The predicted octanol–water partition coefficient (Wildman–Crippen LogP) is 3.28. The van der Waals surface area contributed by atoms with Crippen LogP contribution in [0.25, 0.3) is 0 Å². The van der Waals surface area contributed by atoms with Crippen LogP contribution >= 0.6 is 11.8 Å². The first-order valence-electron chi connectivity index (χ1n) is 8.16. The van der Waals surface area contributed by atoms with Gasteiger partial charge in [-0.2, -0.15) is 8.42 Å². The van der Waals surface area contributed by atoms with Crippen LogP contribution in [-0.4, -0.2) is 49.1 Å². The number of nitro groups is 1. The number of hydrogen-bond acceptors (Lipinski definition) is 9. The van der Waals surface area contributed by atoms with Crippen molar-refractivity contribution in [2.24, 2.45) is 10.3 Å². The lowest BCUT2D eigenvalue weighted by atomic mass is 10.3. The van der Waals surface area contributed by atoms with Crippen LogP contribution in [0.4, 0.5) is 17.1 Å². The monoisotopic (exact) mass is 457 g/mol. The number of anilines is 2. The van der Waals surface area contributed by atoms with Gasteiger partial charge in [0.15, 0.2) is 5.50 Å². The Morgan fingerprint density at radius 1 is 1.23 bits per heavy atom. The molecule has 0 aromatic heterocycles. The van der Waals surface area contributed by atoms with Crippen molar-refractivity contribution in [3.8, 4) is 5.75 Å². The molecule has 0 bridgehead atoms. The van der Waals surface area contributed by atoms with Crippen molar-refractivity contribution in [1.29, 1.82) is 0 Å². The fourth-order valence-electron chi connectivity index (χ4n) is 2.38. The standard InChI is InChI=1S/C16H17N5O3S.H2O4S/c1-19-14-9-8-13(24-3)10-15(14)25-16(19)17-18-20(2)11-4-6-12(7-5-11)21(22)23;1-5(2,3)4/h4-10,16H,1-3H3;(H2,1,2,3,4). The minimum Gasteiger partial charge on any atom is -0.497 e. The molecule has 12 nitrogen and oxygen atoms in total. The molecule has 0 saturated heterocycles. The molecule has 0 radical (unpaired) electrons. The molecule has 2 aromatic carbocycles. The van der Waals surface area contributed by atoms with Crippen molar-refractivity contribution >= 4 is 39.2 Å². The number of rotatable bonds is 5. The molecule has 1 heterocycles. The second-order valence-corrected chi connectivity index (χ2v) is 7.83.